The molecule has 7 rings (SSSR count). The molecule has 4 bridgehead atoms. The van der Waals surface area contributed by atoms with E-state index in [0.717, 1.165) is 59.5 Å². The second-order valence-electron chi connectivity index (χ2n) is 11.7. The lowest BCUT2D eigenvalue weighted by Crippen LogP contribution is -2.51. The zero-order valence-electron chi connectivity index (χ0n) is 22.3. The predicted octanol–water partition coefficient (Wildman–Crippen LogP) is 5.26. The van der Waals surface area contributed by atoms with Gasteiger partial charge in [-0.15, -0.1) is 0 Å². The number of para-hydroxylation sites is 1. The van der Waals surface area contributed by atoms with Gasteiger partial charge in [0, 0.05) is 28.7 Å². The number of rotatable bonds is 9. The summed E-state index contributed by atoms with van der Waals surface area (Å²) in [5.41, 5.74) is 2.55. The van der Waals surface area contributed by atoms with Crippen LogP contribution in [-0.4, -0.2) is 40.2 Å². The highest BCUT2D eigenvalue weighted by Gasteiger charge is 2.50. The van der Waals surface area contributed by atoms with Gasteiger partial charge < -0.3 is 20.1 Å². The number of carbonyl (C=O) groups excluding carboxylic acids is 2. The van der Waals surface area contributed by atoms with Gasteiger partial charge in [0.15, 0.2) is 0 Å². The summed E-state index contributed by atoms with van der Waals surface area (Å²) < 4.78 is 6.01. The van der Waals surface area contributed by atoms with Crippen molar-refractivity contribution in [3.05, 3.63) is 77.6 Å². The van der Waals surface area contributed by atoms with E-state index in [1.54, 1.807) is 12.3 Å². The van der Waals surface area contributed by atoms with E-state index < -0.39 is 24.0 Å². The van der Waals surface area contributed by atoms with Gasteiger partial charge in [-0.3, -0.25) is 14.9 Å². The summed E-state index contributed by atoms with van der Waals surface area (Å²) in [5, 5.41) is 16.0. The van der Waals surface area contributed by atoms with E-state index in [0.29, 0.717) is 18.3 Å². The van der Waals surface area contributed by atoms with Crippen molar-refractivity contribution < 1.29 is 24.2 Å². The van der Waals surface area contributed by atoms with E-state index in [1.807, 2.05) is 54.6 Å². The van der Waals surface area contributed by atoms with Crippen molar-refractivity contribution in [2.24, 2.45) is 23.7 Å². The van der Waals surface area contributed by atoms with E-state index >= 15 is 0 Å². The summed E-state index contributed by atoms with van der Waals surface area (Å²) in [6.07, 6.45) is 8.48. The van der Waals surface area contributed by atoms with Crippen LogP contribution in [0.3, 0.4) is 0 Å². The standard InChI is InChI=1S/C32H35N3O5/c36-29(37)17-25(15-19-6-2-1-3-7-19)34-31(38)28(16-24-18-33-27-9-5-4-8-26(24)27)35-32(39)40-30-22-11-20-10-21(13-22)14-23(30)12-20/h1-9,16,18,20-23,25,30,33H,10-15,17H2,(H,34,38)(H,35,39)(H,36,37)/b28-16-. The monoisotopic (exact) mass is 541 g/mol. The molecule has 0 aliphatic heterocycles. The molecule has 8 nitrogen and oxygen atoms in total. The van der Waals surface area contributed by atoms with Gasteiger partial charge in [-0.2, -0.15) is 0 Å². The van der Waals surface area contributed by atoms with Crippen LogP contribution in [0.1, 0.15) is 49.7 Å². The second kappa shape index (κ2) is 11.2. The first-order valence-electron chi connectivity index (χ1n) is 14.2. The number of fused-ring (bicyclic) bond motifs is 1. The summed E-state index contributed by atoms with van der Waals surface area (Å²) in [7, 11) is 0. The first-order chi connectivity index (χ1) is 19.4. The number of H-pyrrole nitrogens is 1. The van der Waals surface area contributed by atoms with Crippen LogP contribution in [0.5, 0.6) is 0 Å². The minimum Gasteiger partial charge on any atom is -0.481 e. The Morgan fingerprint density at radius 1 is 0.950 bits per heavy atom. The molecule has 1 heterocycles. The molecule has 0 spiro atoms. The van der Waals surface area contributed by atoms with Gasteiger partial charge in [-0.05, 0) is 79.9 Å². The van der Waals surface area contributed by atoms with Crippen molar-refractivity contribution in [1.29, 1.82) is 0 Å². The lowest BCUT2D eigenvalue weighted by molar-refractivity contribution is -0.137. The van der Waals surface area contributed by atoms with Gasteiger partial charge in [-0.1, -0.05) is 48.5 Å². The Kier molecular flexibility index (Phi) is 7.32. The fourth-order valence-electron chi connectivity index (χ4n) is 7.40. The first-order valence-corrected chi connectivity index (χ1v) is 14.2. The third-order valence-corrected chi connectivity index (χ3v) is 8.87. The molecule has 8 heteroatoms. The fraction of sp³-hybridized carbons (Fsp3) is 0.406. The molecular formula is C32H35N3O5. The maximum absolute atomic E-state index is 13.6. The number of benzene rings is 2. The number of hydrogen-bond acceptors (Lipinski definition) is 4. The average Bonchev–Trinajstić information content (AvgIpc) is 3.33. The Labute approximate surface area is 233 Å². The number of aliphatic carboxylic acids is 1. The minimum absolute atomic E-state index is 0.0158. The maximum atomic E-state index is 13.6. The molecule has 1 unspecified atom stereocenters. The van der Waals surface area contributed by atoms with E-state index in [2.05, 4.69) is 15.6 Å². The van der Waals surface area contributed by atoms with Crippen LogP contribution >= 0.6 is 0 Å². The zero-order chi connectivity index (χ0) is 27.6. The lowest BCUT2D eigenvalue weighted by atomic mass is 9.55. The number of aromatic amines is 1. The minimum atomic E-state index is -1.02. The number of alkyl carbamates (subject to hydrolysis) is 1. The fourth-order valence-corrected chi connectivity index (χ4v) is 7.40. The molecule has 1 aromatic heterocycles. The molecule has 4 aliphatic rings. The maximum Gasteiger partial charge on any atom is 0.412 e. The van der Waals surface area contributed by atoms with Gasteiger partial charge in [0.2, 0.25) is 0 Å². The molecule has 0 saturated heterocycles. The predicted molar refractivity (Wildman–Crippen MR) is 151 cm³/mol. The van der Waals surface area contributed by atoms with E-state index in [9.17, 15) is 19.5 Å². The average molecular weight is 542 g/mol. The number of amides is 2. The Hall–Kier alpha value is -4.07. The third-order valence-electron chi connectivity index (χ3n) is 8.87. The van der Waals surface area contributed by atoms with Crippen molar-refractivity contribution in [2.45, 2.75) is 57.1 Å². The van der Waals surface area contributed by atoms with Gasteiger partial charge in [0.25, 0.3) is 5.91 Å². The Morgan fingerprint density at radius 3 is 2.33 bits per heavy atom. The van der Waals surface area contributed by atoms with Gasteiger partial charge >= 0.3 is 12.1 Å². The highest BCUT2D eigenvalue weighted by atomic mass is 16.6. The number of ether oxygens (including phenoxy) is 1. The molecule has 4 fully saturated rings. The largest absolute Gasteiger partial charge is 0.481 e. The number of hydrogen-bond donors (Lipinski definition) is 4. The number of carboxylic acid groups (broad SMARTS) is 1. The van der Waals surface area contributed by atoms with Crippen molar-refractivity contribution in [3.8, 4) is 0 Å². The van der Waals surface area contributed by atoms with Crippen molar-refractivity contribution in [3.63, 3.8) is 0 Å². The normalized spacial score (nSPS) is 25.9. The number of carbonyl (C=O) groups is 3. The number of carboxylic acids is 1. The van der Waals surface area contributed by atoms with Crippen LogP contribution in [0.25, 0.3) is 17.0 Å². The summed E-state index contributed by atoms with van der Waals surface area (Å²) in [4.78, 5) is 41.7. The lowest BCUT2D eigenvalue weighted by Gasteiger charge is -2.53. The Morgan fingerprint density at radius 2 is 1.62 bits per heavy atom. The topological polar surface area (TPSA) is 121 Å². The number of nitrogens with one attached hydrogen (secondary N) is 3. The second-order valence-corrected chi connectivity index (χ2v) is 11.7. The number of aromatic nitrogens is 1. The molecule has 4 aliphatic carbocycles. The van der Waals surface area contributed by atoms with Crippen LogP contribution in [-0.2, 0) is 20.7 Å². The molecule has 40 heavy (non-hydrogen) atoms. The summed E-state index contributed by atoms with van der Waals surface area (Å²) in [6.45, 7) is 0. The molecule has 0 radical (unpaired) electrons. The molecule has 1 atom stereocenters. The smallest absolute Gasteiger partial charge is 0.412 e. The summed E-state index contributed by atoms with van der Waals surface area (Å²) in [5.74, 6) is 0.714. The van der Waals surface area contributed by atoms with Crippen LogP contribution in [0.4, 0.5) is 4.79 Å². The molecule has 208 valence electrons. The molecule has 2 aromatic carbocycles. The van der Waals surface area contributed by atoms with Gasteiger partial charge in [0.05, 0.1) is 6.42 Å². The SMILES string of the molecule is O=C(O)CC(Cc1ccccc1)NC(=O)/C(=C/c1c[nH]c2ccccc12)NC(=O)OC1C2CC3CC(C2)CC1C3. The van der Waals surface area contributed by atoms with Crippen molar-refractivity contribution in [2.75, 3.05) is 0 Å². The van der Waals surface area contributed by atoms with Gasteiger partial charge in [-0.25, -0.2) is 4.79 Å². The molecule has 3 aromatic rings. The quantitative estimate of drug-likeness (QED) is 0.275. The zero-order valence-corrected chi connectivity index (χ0v) is 22.3. The van der Waals surface area contributed by atoms with E-state index in [1.165, 1.54) is 6.42 Å². The Bertz CT molecular complexity index is 1400. The molecule has 4 saturated carbocycles. The summed E-state index contributed by atoms with van der Waals surface area (Å²) in [6, 6.07) is 16.4. The highest BCUT2D eigenvalue weighted by Crippen LogP contribution is 2.54. The molecule has 2 amide bonds. The third kappa shape index (κ3) is 5.76. The van der Waals surface area contributed by atoms with Gasteiger partial charge in [0.1, 0.15) is 11.8 Å². The molecule has 4 N–H and O–H groups in total. The first kappa shape index (κ1) is 26.2. The van der Waals surface area contributed by atoms with Crippen molar-refractivity contribution in [1.82, 2.24) is 15.6 Å². The van der Waals surface area contributed by atoms with Crippen LogP contribution < -0.4 is 10.6 Å². The molecular weight excluding hydrogens is 506 g/mol. The van der Waals surface area contributed by atoms with E-state index in [-0.39, 0.29) is 18.2 Å². The Balaban J connectivity index is 1.23. The highest BCUT2D eigenvalue weighted by molar-refractivity contribution is 6.03. The van der Waals surface area contributed by atoms with Crippen molar-refractivity contribution >= 4 is 34.9 Å². The van der Waals surface area contributed by atoms with E-state index in [4.69, 9.17) is 4.74 Å². The van der Waals surface area contributed by atoms with Crippen LogP contribution in [0.15, 0.2) is 66.5 Å². The van der Waals surface area contributed by atoms with Crippen LogP contribution in [0.2, 0.25) is 0 Å². The summed E-state index contributed by atoms with van der Waals surface area (Å²) >= 11 is 0. The van der Waals surface area contributed by atoms with Crippen LogP contribution in [0, 0.1) is 23.7 Å².